The fourth-order valence-corrected chi connectivity index (χ4v) is 5.23. The minimum atomic E-state index is 0.0427. The van der Waals surface area contributed by atoms with Gasteiger partial charge in [-0.25, -0.2) is 0 Å². The molecule has 1 aliphatic rings. The summed E-state index contributed by atoms with van der Waals surface area (Å²) >= 11 is 3.43. The van der Waals surface area contributed by atoms with Crippen LogP contribution in [0.25, 0.3) is 0 Å². The number of aromatic nitrogens is 1. The molecule has 30 heavy (non-hydrogen) atoms. The van der Waals surface area contributed by atoms with Gasteiger partial charge in [0.25, 0.3) is 5.91 Å². The van der Waals surface area contributed by atoms with Crippen LogP contribution in [-0.4, -0.2) is 52.8 Å². The van der Waals surface area contributed by atoms with Crippen molar-refractivity contribution in [3.05, 3.63) is 82.3 Å². The number of amides is 2. The van der Waals surface area contributed by atoms with Crippen molar-refractivity contribution in [1.82, 2.24) is 14.8 Å². The van der Waals surface area contributed by atoms with Crippen LogP contribution in [-0.2, 0) is 17.0 Å². The van der Waals surface area contributed by atoms with Crippen molar-refractivity contribution < 1.29 is 9.59 Å². The number of piperazine rings is 1. The third kappa shape index (κ3) is 5.09. The van der Waals surface area contributed by atoms with E-state index in [1.807, 2.05) is 58.3 Å². The molecule has 0 radical (unpaired) electrons. The predicted molar refractivity (Wildman–Crippen MR) is 121 cm³/mol. The van der Waals surface area contributed by atoms with Gasteiger partial charge in [-0.2, -0.15) is 0 Å². The zero-order valence-electron chi connectivity index (χ0n) is 16.6. The summed E-state index contributed by atoms with van der Waals surface area (Å²) in [7, 11) is 0. The Bertz CT molecular complexity index is 985. The summed E-state index contributed by atoms with van der Waals surface area (Å²) in [4.78, 5) is 35.9. The maximum Gasteiger partial charge on any atom is 0.255 e. The molecule has 154 valence electrons. The highest BCUT2D eigenvalue weighted by Gasteiger charge is 2.26. The summed E-state index contributed by atoms with van der Waals surface area (Å²) in [6.07, 6.45) is 2.00. The molecule has 0 atom stereocenters. The molecule has 3 aromatic rings. The first-order valence-corrected chi connectivity index (χ1v) is 11.8. The smallest absolute Gasteiger partial charge is 0.255 e. The third-order valence-corrected chi connectivity index (χ3v) is 7.23. The van der Waals surface area contributed by atoms with E-state index in [9.17, 15) is 9.59 Å². The van der Waals surface area contributed by atoms with Crippen molar-refractivity contribution >= 4 is 34.9 Å². The molecule has 0 aliphatic carbocycles. The largest absolute Gasteiger partial charge is 0.339 e. The molecule has 4 rings (SSSR count). The van der Waals surface area contributed by atoms with E-state index in [0.717, 1.165) is 21.9 Å². The summed E-state index contributed by atoms with van der Waals surface area (Å²) in [5.74, 6) is 0.964. The number of rotatable bonds is 6. The Labute approximate surface area is 184 Å². The van der Waals surface area contributed by atoms with Crippen LogP contribution in [0.3, 0.4) is 0 Å². The first-order valence-electron chi connectivity index (χ1n) is 9.92. The molecular formula is C23H23N3O2S2. The van der Waals surface area contributed by atoms with Gasteiger partial charge >= 0.3 is 0 Å². The minimum absolute atomic E-state index is 0.0427. The SMILES string of the molecule is O=C(Cc1ccccn1)N1CCN(C(=O)c2ccccc2SCc2cccs2)CC1. The molecule has 0 saturated carbocycles. The molecule has 1 aliphatic heterocycles. The number of carbonyl (C=O) groups is 2. The van der Waals surface area contributed by atoms with E-state index in [1.54, 1.807) is 29.3 Å². The van der Waals surface area contributed by atoms with Crippen LogP contribution in [0.4, 0.5) is 0 Å². The van der Waals surface area contributed by atoms with Gasteiger partial charge in [-0.05, 0) is 35.7 Å². The Morgan fingerprint density at radius 2 is 1.70 bits per heavy atom. The number of nitrogens with zero attached hydrogens (tertiary/aromatic N) is 3. The predicted octanol–water partition coefficient (Wildman–Crippen LogP) is 3.96. The van der Waals surface area contributed by atoms with E-state index >= 15 is 0 Å². The molecule has 3 heterocycles. The Hall–Kier alpha value is -2.64. The van der Waals surface area contributed by atoms with E-state index in [0.29, 0.717) is 32.6 Å². The Morgan fingerprint density at radius 3 is 2.43 bits per heavy atom. The van der Waals surface area contributed by atoms with Crippen molar-refractivity contribution in [3.8, 4) is 0 Å². The molecule has 0 spiro atoms. The van der Waals surface area contributed by atoms with Gasteiger partial charge in [0.1, 0.15) is 0 Å². The van der Waals surface area contributed by atoms with Crippen LogP contribution in [0.2, 0.25) is 0 Å². The van der Waals surface area contributed by atoms with Gasteiger partial charge in [-0.1, -0.05) is 24.3 Å². The fraction of sp³-hybridized carbons (Fsp3) is 0.261. The average Bonchev–Trinajstić information content (AvgIpc) is 3.32. The summed E-state index contributed by atoms with van der Waals surface area (Å²) in [6.45, 7) is 2.22. The number of carbonyl (C=O) groups excluding carboxylic acids is 2. The van der Waals surface area contributed by atoms with Crippen LogP contribution in [0, 0.1) is 0 Å². The highest BCUT2D eigenvalue weighted by Crippen LogP contribution is 2.29. The second-order valence-electron chi connectivity index (χ2n) is 7.04. The molecule has 0 N–H and O–H groups in total. The first-order chi connectivity index (χ1) is 14.7. The number of hydrogen-bond acceptors (Lipinski definition) is 5. The summed E-state index contributed by atoms with van der Waals surface area (Å²) in [6, 6.07) is 17.6. The minimum Gasteiger partial charge on any atom is -0.339 e. The highest BCUT2D eigenvalue weighted by molar-refractivity contribution is 7.98. The molecule has 5 nitrogen and oxygen atoms in total. The number of thiophene rings is 1. The van der Waals surface area contributed by atoms with E-state index in [2.05, 4.69) is 16.4 Å². The second kappa shape index (κ2) is 9.91. The van der Waals surface area contributed by atoms with Crippen LogP contribution in [0.15, 0.2) is 71.1 Å². The fourth-order valence-electron chi connectivity index (χ4n) is 3.41. The number of pyridine rings is 1. The van der Waals surface area contributed by atoms with Crippen LogP contribution >= 0.6 is 23.1 Å². The topological polar surface area (TPSA) is 53.5 Å². The Kier molecular flexibility index (Phi) is 6.81. The van der Waals surface area contributed by atoms with Gasteiger partial charge in [-0.15, -0.1) is 23.1 Å². The van der Waals surface area contributed by atoms with Gasteiger partial charge in [0.15, 0.2) is 0 Å². The summed E-state index contributed by atoms with van der Waals surface area (Å²) in [5.41, 5.74) is 1.52. The van der Waals surface area contributed by atoms with Gasteiger partial charge in [0.05, 0.1) is 12.0 Å². The molecule has 1 saturated heterocycles. The third-order valence-electron chi connectivity index (χ3n) is 5.05. The van der Waals surface area contributed by atoms with Crippen molar-refractivity contribution in [2.45, 2.75) is 17.1 Å². The summed E-state index contributed by atoms with van der Waals surface area (Å²) < 4.78 is 0. The van der Waals surface area contributed by atoms with E-state index < -0.39 is 0 Å². The standard InChI is InChI=1S/C23H23N3O2S2/c27-22(16-18-6-3-4-10-24-18)25-11-13-26(14-12-25)23(28)20-8-1-2-9-21(20)30-17-19-7-5-15-29-19/h1-10,15H,11-14,16-17H2. The van der Waals surface area contributed by atoms with Crippen molar-refractivity contribution in [2.24, 2.45) is 0 Å². The summed E-state index contributed by atoms with van der Waals surface area (Å²) in [5, 5.41) is 2.07. The molecule has 2 aromatic heterocycles. The zero-order chi connectivity index (χ0) is 20.8. The van der Waals surface area contributed by atoms with Gasteiger partial charge < -0.3 is 9.80 Å². The number of hydrogen-bond donors (Lipinski definition) is 0. The maximum absolute atomic E-state index is 13.2. The van der Waals surface area contributed by atoms with Crippen LogP contribution < -0.4 is 0 Å². The molecule has 2 amide bonds. The first kappa shape index (κ1) is 20.6. The normalized spacial score (nSPS) is 14.0. The quantitative estimate of drug-likeness (QED) is 0.548. The zero-order valence-corrected chi connectivity index (χ0v) is 18.2. The number of thioether (sulfide) groups is 1. The van der Waals surface area contributed by atoms with Crippen molar-refractivity contribution in [1.29, 1.82) is 0 Å². The van der Waals surface area contributed by atoms with E-state index in [4.69, 9.17) is 0 Å². The lowest BCUT2D eigenvalue weighted by atomic mass is 10.1. The molecule has 0 unspecified atom stereocenters. The van der Waals surface area contributed by atoms with Gasteiger partial charge in [0, 0.05) is 53.6 Å². The number of benzene rings is 1. The monoisotopic (exact) mass is 437 g/mol. The van der Waals surface area contributed by atoms with Crippen LogP contribution in [0.5, 0.6) is 0 Å². The van der Waals surface area contributed by atoms with Crippen molar-refractivity contribution in [3.63, 3.8) is 0 Å². The molecule has 1 aromatic carbocycles. The van der Waals surface area contributed by atoms with E-state index in [1.165, 1.54) is 4.88 Å². The van der Waals surface area contributed by atoms with Crippen LogP contribution in [0.1, 0.15) is 20.9 Å². The molecule has 7 heteroatoms. The highest BCUT2D eigenvalue weighted by atomic mass is 32.2. The van der Waals surface area contributed by atoms with Gasteiger partial charge in [0.2, 0.25) is 5.91 Å². The van der Waals surface area contributed by atoms with Crippen molar-refractivity contribution in [2.75, 3.05) is 26.2 Å². The van der Waals surface area contributed by atoms with Gasteiger partial charge in [-0.3, -0.25) is 14.6 Å². The lowest BCUT2D eigenvalue weighted by molar-refractivity contribution is -0.132. The maximum atomic E-state index is 13.2. The second-order valence-corrected chi connectivity index (χ2v) is 9.08. The Morgan fingerprint density at radius 1 is 0.933 bits per heavy atom. The van der Waals surface area contributed by atoms with E-state index in [-0.39, 0.29) is 11.8 Å². The molecule has 1 fully saturated rings. The molecular weight excluding hydrogens is 414 g/mol. The Balaban J connectivity index is 1.34. The molecule has 0 bridgehead atoms. The lowest BCUT2D eigenvalue weighted by Gasteiger charge is -2.35. The lowest BCUT2D eigenvalue weighted by Crippen LogP contribution is -2.51. The average molecular weight is 438 g/mol.